The molecule has 15 heavy (non-hydrogen) atoms. The lowest BCUT2D eigenvalue weighted by Gasteiger charge is -2.17. The van der Waals surface area contributed by atoms with Crippen molar-refractivity contribution in [3.8, 4) is 11.6 Å². The van der Waals surface area contributed by atoms with Crippen molar-refractivity contribution in [3.05, 3.63) is 0 Å². The van der Waals surface area contributed by atoms with E-state index < -0.39 is 7.60 Å². The molecule has 0 aromatic carbocycles. The second-order valence-corrected chi connectivity index (χ2v) is 5.98. The molecule has 0 atom stereocenters. The highest BCUT2D eigenvalue weighted by molar-refractivity contribution is 7.59. The molecule has 1 aliphatic rings. The van der Waals surface area contributed by atoms with E-state index in [0.29, 0.717) is 5.92 Å². The van der Waals surface area contributed by atoms with Crippen LogP contribution in [0.25, 0.3) is 0 Å². The van der Waals surface area contributed by atoms with E-state index in [1.54, 1.807) is 0 Å². The van der Waals surface area contributed by atoms with Gasteiger partial charge in [0.1, 0.15) is 0 Å². The van der Waals surface area contributed by atoms with Gasteiger partial charge >= 0.3 is 7.60 Å². The van der Waals surface area contributed by atoms with Crippen LogP contribution in [0.15, 0.2) is 0 Å². The summed E-state index contributed by atoms with van der Waals surface area (Å²) < 4.78 is 22.7. The molecule has 0 amide bonds. The lowest BCUT2D eigenvalue weighted by Crippen LogP contribution is -2.06. The van der Waals surface area contributed by atoms with Crippen molar-refractivity contribution < 1.29 is 13.6 Å². The molecule has 0 heterocycles. The summed E-state index contributed by atoms with van der Waals surface area (Å²) in [6, 6.07) is 0. The highest BCUT2D eigenvalue weighted by Gasteiger charge is 2.26. The summed E-state index contributed by atoms with van der Waals surface area (Å²) in [6.45, 7) is 7.31. The van der Waals surface area contributed by atoms with Crippen molar-refractivity contribution in [1.82, 2.24) is 0 Å². The summed E-state index contributed by atoms with van der Waals surface area (Å²) in [5.74, 6) is 3.35. The second-order valence-electron chi connectivity index (χ2n) is 4.34. The van der Waals surface area contributed by atoms with Gasteiger partial charge in [-0.05, 0) is 40.5 Å². The maximum Gasteiger partial charge on any atom is 0.406 e. The number of hydrogen-bond acceptors (Lipinski definition) is 3. The van der Waals surface area contributed by atoms with Crippen molar-refractivity contribution >= 4 is 7.60 Å². The van der Waals surface area contributed by atoms with Crippen molar-refractivity contribution in [2.24, 2.45) is 5.92 Å². The standard InChI is InChI=1S/C11H19O3P/c1-9(2)13-15(12,14-10(3)4)8-7-11-5-6-11/h9-11H,5-6H2,1-4H3. The fraction of sp³-hybridized carbons (Fsp3) is 0.818. The summed E-state index contributed by atoms with van der Waals surface area (Å²) in [6.07, 6.45) is 1.94. The maximum atomic E-state index is 12.1. The minimum absolute atomic E-state index is 0.136. The topological polar surface area (TPSA) is 35.5 Å². The van der Waals surface area contributed by atoms with Crippen LogP contribution in [0.5, 0.6) is 0 Å². The van der Waals surface area contributed by atoms with Crippen LogP contribution in [0.1, 0.15) is 40.5 Å². The van der Waals surface area contributed by atoms with Crippen LogP contribution in [0.4, 0.5) is 0 Å². The largest absolute Gasteiger partial charge is 0.406 e. The van der Waals surface area contributed by atoms with Gasteiger partial charge in [0, 0.05) is 11.6 Å². The van der Waals surface area contributed by atoms with Crippen LogP contribution >= 0.6 is 7.60 Å². The third-order valence-electron chi connectivity index (χ3n) is 1.68. The van der Waals surface area contributed by atoms with E-state index in [1.807, 2.05) is 27.7 Å². The monoisotopic (exact) mass is 230 g/mol. The van der Waals surface area contributed by atoms with Crippen molar-refractivity contribution in [1.29, 1.82) is 0 Å². The Hall–Kier alpha value is -0.290. The second kappa shape index (κ2) is 5.16. The molecule has 0 spiro atoms. The first kappa shape index (κ1) is 12.8. The first-order valence-corrected chi connectivity index (χ1v) is 6.95. The Labute approximate surface area is 92.1 Å². The highest BCUT2D eigenvalue weighted by Crippen LogP contribution is 2.49. The smallest absolute Gasteiger partial charge is 0.297 e. The molecular formula is C11H19O3P. The third-order valence-corrected chi connectivity index (χ3v) is 3.48. The predicted octanol–water partition coefficient (Wildman–Crippen LogP) is 3.40. The summed E-state index contributed by atoms with van der Waals surface area (Å²) in [4.78, 5) is 0. The molecule has 0 aliphatic heterocycles. The Morgan fingerprint density at radius 3 is 1.93 bits per heavy atom. The molecular weight excluding hydrogens is 211 g/mol. The van der Waals surface area contributed by atoms with Gasteiger partial charge in [-0.2, -0.15) is 0 Å². The average molecular weight is 230 g/mol. The molecule has 1 aliphatic carbocycles. The van der Waals surface area contributed by atoms with Crippen LogP contribution in [0.3, 0.4) is 0 Å². The van der Waals surface area contributed by atoms with E-state index in [9.17, 15) is 4.57 Å². The first-order valence-electron chi connectivity index (χ1n) is 5.41. The quantitative estimate of drug-likeness (QED) is 0.548. The van der Waals surface area contributed by atoms with E-state index in [2.05, 4.69) is 11.6 Å². The van der Waals surface area contributed by atoms with Crippen molar-refractivity contribution in [3.63, 3.8) is 0 Å². The summed E-state index contributed by atoms with van der Waals surface area (Å²) in [7, 11) is -3.21. The van der Waals surface area contributed by atoms with Gasteiger partial charge in [0.15, 0.2) is 0 Å². The fourth-order valence-electron chi connectivity index (χ4n) is 1.03. The molecule has 0 saturated heterocycles. The lowest BCUT2D eigenvalue weighted by molar-refractivity contribution is 0.151. The van der Waals surface area contributed by atoms with Crippen molar-refractivity contribution in [2.45, 2.75) is 52.7 Å². The molecule has 1 saturated carbocycles. The zero-order chi connectivity index (χ0) is 11.5. The highest BCUT2D eigenvalue weighted by atomic mass is 31.2. The third kappa shape index (κ3) is 5.37. The van der Waals surface area contributed by atoms with Gasteiger partial charge < -0.3 is 0 Å². The molecule has 1 fully saturated rings. The Bertz CT molecular complexity index is 294. The molecule has 3 nitrogen and oxygen atoms in total. The van der Waals surface area contributed by atoms with E-state index in [-0.39, 0.29) is 12.2 Å². The van der Waals surface area contributed by atoms with Gasteiger partial charge in [-0.25, -0.2) is 4.57 Å². The Kier molecular flexibility index (Phi) is 4.40. The summed E-state index contributed by atoms with van der Waals surface area (Å²) in [5, 5.41) is 0. The average Bonchev–Trinajstić information content (AvgIpc) is 2.79. The van der Waals surface area contributed by atoms with Gasteiger partial charge in [-0.3, -0.25) is 9.05 Å². The van der Waals surface area contributed by atoms with E-state index >= 15 is 0 Å². The van der Waals surface area contributed by atoms with Crippen molar-refractivity contribution in [2.75, 3.05) is 0 Å². The Morgan fingerprint density at radius 1 is 1.13 bits per heavy atom. The molecule has 0 unspecified atom stereocenters. The zero-order valence-corrected chi connectivity index (χ0v) is 10.7. The van der Waals surface area contributed by atoms with Gasteiger partial charge in [0.2, 0.25) is 0 Å². The van der Waals surface area contributed by atoms with Crippen LogP contribution in [-0.2, 0) is 13.6 Å². The molecule has 1 rings (SSSR count). The fourth-order valence-corrected chi connectivity index (χ4v) is 2.64. The van der Waals surface area contributed by atoms with E-state index in [0.717, 1.165) is 12.8 Å². The zero-order valence-electron chi connectivity index (χ0n) is 9.82. The maximum absolute atomic E-state index is 12.1. The van der Waals surface area contributed by atoms with Gasteiger partial charge in [-0.1, -0.05) is 5.92 Å². The van der Waals surface area contributed by atoms with Crippen LogP contribution in [-0.4, -0.2) is 12.2 Å². The molecule has 0 N–H and O–H groups in total. The van der Waals surface area contributed by atoms with Crippen LogP contribution in [0.2, 0.25) is 0 Å². The van der Waals surface area contributed by atoms with Crippen LogP contribution < -0.4 is 0 Å². The van der Waals surface area contributed by atoms with E-state index in [4.69, 9.17) is 9.05 Å². The van der Waals surface area contributed by atoms with Gasteiger partial charge in [0.05, 0.1) is 12.2 Å². The van der Waals surface area contributed by atoms with Gasteiger partial charge in [0.25, 0.3) is 0 Å². The Morgan fingerprint density at radius 2 is 1.60 bits per heavy atom. The minimum Gasteiger partial charge on any atom is -0.297 e. The number of hydrogen-bond donors (Lipinski definition) is 0. The SMILES string of the molecule is CC(C)OP(=O)(C#CC1CC1)OC(C)C. The lowest BCUT2D eigenvalue weighted by atomic mass is 10.5. The summed E-state index contributed by atoms with van der Waals surface area (Å²) >= 11 is 0. The predicted molar refractivity (Wildman–Crippen MR) is 60.5 cm³/mol. The summed E-state index contributed by atoms with van der Waals surface area (Å²) in [5.41, 5.74) is 2.68. The van der Waals surface area contributed by atoms with E-state index in [1.165, 1.54) is 0 Å². The van der Waals surface area contributed by atoms with Gasteiger partial charge in [-0.15, -0.1) is 0 Å². The normalized spacial score (nSPS) is 16.7. The molecule has 0 aromatic heterocycles. The number of rotatable bonds is 4. The minimum atomic E-state index is -3.21. The molecule has 0 aromatic rings. The first-order chi connectivity index (χ1) is 6.91. The molecule has 86 valence electrons. The molecule has 4 heteroatoms. The Balaban J connectivity index is 2.66. The molecule has 0 bridgehead atoms. The molecule has 0 radical (unpaired) electrons. The van der Waals surface area contributed by atoms with Crippen LogP contribution in [0, 0.1) is 17.5 Å².